The molecular weight excluding hydrogens is 298 g/mol. The highest BCUT2D eigenvalue weighted by Crippen LogP contribution is 2.25. The Hall–Kier alpha value is -2.76. The highest BCUT2D eigenvalue weighted by atomic mass is 16.5. The molecule has 2 aromatic rings. The second kappa shape index (κ2) is 6.16. The molecule has 0 saturated carbocycles. The number of nitrogens with zero attached hydrogens (tertiary/aromatic N) is 1. The lowest BCUT2D eigenvalue weighted by Crippen LogP contribution is -2.36. The summed E-state index contributed by atoms with van der Waals surface area (Å²) in [5.74, 6) is -0.203. The maximum absolute atomic E-state index is 12.6. The van der Waals surface area contributed by atoms with Crippen LogP contribution in [0.25, 0.3) is 0 Å². The molecule has 0 saturated heterocycles. The molecule has 0 fully saturated rings. The normalized spacial score (nSPS) is 13.8. The molecule has 3 rings (SSSR count). The van der Waals surface area contributed by atoms with Crippen LogP contribution in [-0.4, -0.2) is 35.0 Å². The molecule has 0 radical (unpaired) electrons. The molecule has 1 aliphatic heterocycles. The van der Waals surface area contributed by atoms with E-state index < -0.39 is 5.97 Å². The van der Waals surface area contributed by atoms with Gasteiger partial charge in [0.15, 0.2) is 0 Å². The number of fused-ring (bicyclic) bond motifs is 1. The molecule has 1 aliphatic rings. The maximum Gasteiger partial charge on any atom is 0.371 e. The Kier molecular flexibility index (Phi) is 4.06. The smallest absolute Gasteiger partial charge is 0.371 e. The Morgan fingerprint density at radius 1 is 1.35 bits per heavy atom. The van der Waals surface area contributed by atoms with Crippen LogP contribution >= 0.6 is 0 Å². The van der Waals surface area contributed by atoms with Crippen LogP contribution in [0, 0.1) is 0 Å². The number of carbonyl (C=O) groups is 2. The van der Waals surface area contributed by atoms with Crippen molar-refractivity contribution in [2.75, 3.05) is 13.2 Å². The van der Waals surface area contributed by atoms with Crippen molar-refractivity contribution >= 4 is 11.9 Å². The van der Waals surface area contributed by atoms with Crippen molar-refractivity contribution in [3.05, 3.63) is 53.0 Å². The van der Waals surface area contributed by atoms with Gasteiger partial charge in [0.2, 0.25) is 5.76 Å². The summed E-state index contributed by atoms with van der Waals surface area (Å²) in [6, 6.07) is 8.54. The number of furan rings is 1. The number of amides is 1. The topological polar surface area (TPSA) is 80.0 Å². The van der Waals surface area contributed by atoms with Crippen LogP contribution in [0.2, 0.25) is 0 Å². The van der Waals surface area contributed by atoms with Crippen molar-refractivity contribution in [1.29, 1.82) is 0 Å². The monoisotopic (exact) mass is 315 g/mol. The minimum atomic E-state index is -1.12. The van der Waals surface area contributed by atoms with Gasteiger partial charge in [-0.1, -0.05) is 6.07 Å². The number of carbonyl (C=O) groups excluding carboxylic acids is 1. The molecule has 23 heavy (non-hydrogen) atoms. The Bertz CT molecular complexity index is 749. The van der Waals surface area contributed by atoms with E-state index in [0.29, 0.717) is 30.2 Å². The molecular formula is C17H17NO5. The summed E-state index contributed by atoms with van der Waals surface area (Å²) in [6.07, 6.45) is 0.750. The molecule has 0 unspecified atom stereocenters. The summed E-state index contributed by atoms with van der Waals surface area (Å²) >= 11 is 0. The van der Waals surface area contributed by atoms with Crippen molar-refractivity contribution < 1.29 is 23.8 Å². The van der Waals surface area contributed by atoms with Gasteiger partial charge in [0.05, 0.1) is 13.2 Å². The Labute approximate surface area is 133 Å². The highest BCUT2D eigenvalue weighted by molar-refractivity contribution is 5.97. The van der Waals surface area contributed by atoms with E-state index in [0.717, 1.165) is 12.0 Å². The number of benzene rings is 1. The van der Waals surface area contributed by atoms with Gasteiger partial charge in [-0.3, -0.25) is 4.79 Å². The molecule has 2 heterocycles. The average molecular weight is 315 g/mol. The number of carboxylic acids is 1. The molecule has 0 spiro atoms. The number of aromatic carboxylic acids is 1. The Morgan fingerprint density at radius 2 is 2.17 bits per heavy atom. The Balaban J connectivity index is 1.79. The minimum absolute atomic E-state index is 0.0962. The molecule has 1 amide bonds. The largest absolute Gasteiger partial charge is 0.494 e. The van der Waals surface area contributed by atoms with Crippen LogP contribution in [-0.2, 0) is 13.0 Å². The van der Waals surface area contributed by atoms with Gasteiger partial charge < -0.3 is 19.2 Å². The van der Waals surface area contributed by atoms with Gasteiger partial charge in [-0.25, -0.2) is 4.79 Å². The van der Waals surface area contributed by atoms with Gasteiger partial charge in [-0.2, -0.15) is 0 Å². The van der Waals surface area contributed by atoms with Gasteiger partial charge in [0.1, 0.15) is 11.5 Å². The van der Waals surface area contributed by atoms with Crippen molar-refractivity contribution in [1.82, 2.24) is 4.90 Å². The third-order valence-electron chi connectivity index (χ3n) is 3.78. The maximum atomic E-state index is 12.6. The van der Waals surface area contributed by atoms with Crippen molar-refractivity contribution in [2.45, 2.75) is 19.9 Å². The second-order valence-corrected chi connectivity index (χ2v) is 5.30. The minimum Gasteiger partial charge on any atom is -0.494 e. The predicted molar refractivity (Wildman–Crippen MR) is 81.7 cm³/mol. The van der Waals surface area contributed by atoms with Crippen LogP contribution in [0.15, 0.2) is 34.7 Å². The summed E-state index contributed by atoms with van der Waals surface area (Å²) in [5.41, 5.74) is 1.63. The van der Waals surface area contributed by atoms with Gasteiger partial charge in [-0.05, 0) is 43.2 Å². The van der Waals surface area contributed by atoms with Crippen molar-refractivity contribution in [2.24, 2.45) is 0 Å². The van der Waals surface area contributed by atoms with Gasteiger partial charge in [0.25, 0.3) is 5.91 Å². The zero-order valence-corrected chi connectivity index (χ0v) is 12.7. The van der Waals surface area contributed by atoms with Gasteiger partial charge >= 0.3 is 5.97 Å². The zero-order valence-electron chi connectivity index (χ0n) is 12.7. The quantitative estimate of drug-likeness (QED) is 0.917. The first kappa shape index (κ1) is 15.1. The van der Waals surface area contributed by atoms with E-state index in [1.807, 2.05) is 19.1 Å². The second-order valence-electron chi connectivity index (χ2n) is 5.30. The summed E-state index contributed by atoms with van der Waals surface area (Å²) in [6.45, 7) is 3.26. The fraction of sp³-hybridized carbons (Fsp3) is 0.294. The first-order chi connectivity index (χ1) is 11.1. The summed E-state index contributed by atoms with van der Waals surface area (Å²) in [5, 5.41) is 8.88. The van der Waals surface area contributed by atoms with E-state index in [9.17, 15) is 9.59 Å². The van der Waals surface area contributed by atoms with E-state index in [1.165, 1.54) is 6.07 Å². The molecule has 6 nitrogen and oxygen atoms in total. The summed E-state index contributed by atoms with van der Waals surface area (Å²) in [7, 11) is 0. The van der Waals surface area contributed by atoms with Gasteiger partial charge in [-0.15, -0.1) is 0 Å². The van der Waals surface area contributed by atoms with Crippen LogP contribution in [0.3, 0.4) is 0 Å². The molecule has 1 N–H and O–H groups in total. The van der Waals surface area contributed by atoms with E-state index in [-0.39, 0.29) is 18.2 Å². The lowest BCUT2D eigenvalue weighted by Gasteiger charge is -2.28. The van der Waals surface area contributed by atoms with E-state index in [4.69, 9.17) is 14.3 Å². The highest BCUT2D eigenvalue weighted by Gasteiger charge is 2.26. The Morgan fingerprint density at radius 3 is 2.87 bits per heavy atom. The number of carboxylic acid groups (broad SMARTS) is 1. The standard InChI is InChI=1S/C17H17NO5/c1-2-22-12-4-3-11-7-8-18(16(19)14(11)9-12)10-13-5-6-15(23-13)17(20)21/h3-6,9H,2,7-8,10H2,1H3,(H,20,21). The van der Waals surface area contributed by atoms with Crippen LogP contribution in [0.4, 0.5) is 0 Å². The third kappa shape index (κ3) is 3.06. The fourth-order valence-corrected chi connectivity index (χ4v) is 2.67. The molecule has 0 aliphatic carbocycles. The lowest BCUT2D eigenvalue weighted by molar-refractivity contribution is 0.0655. The van der Waals surface area contributed by atoms with E-state index >= 15 is 0 Å². The van der Waals surface area contributed by atoms with Crippen LogP contribution in [0.1, 0.15) is 39.2 Å². The lowest BCUT2D eigenvalue weighted by atomic mass is 9.98. The SMILES string of the molecule is CCOc1ccc2c(c1)C(=O)N(Cc1ccc(C(=O)O)o1)CC2. The number of rotatable bonds is 5. The first-order valence-corrected chi connectivity index (χ1v) is 7.45. The third-order valence-corrected chi connectivity index (χ3v) is 3.78. The summed E-state index contributed by atoms with van der Waals surface area (Å²) < 4.78 is 10.7. The number of ether oxygens (including phenoxy) is 1. The zero-order chi connectivity index (χ0) is 16.4. The summed E-state index contributed by atoms with van der Waals surface area (Å²) in [4.78, 5) is 25.1. The van der Waals surface area contributed by atoms with Gasteiger partial charge in [0, 0.05) is 12.1 Å². The van der Waals surface area contributed by atoms with Crippen molar-refractivity contribution in [3.63, 3.8) is 0 Å². The number of hydrogen-bond donors (Lipinski definition) is 1. The van der Waals surface area contributed by atoms with Crippen LogP contribution < -0.4 is 4.74 Å². The molecule has 1 aromatic heterocycles. The fourth-order valence-electron chi connectivity index (χ4n) is 2.67. The van der Waals surface area contributed by atoms with E-state index in [2.05, 4.69) is 0 Å². The molecule has 120 valence electrons. The first-order valence-electron chi connectivity index (χ1n) is 7.45. The molecule has 1 aromatic carbocycles. The van der Waals surface area contributed by atoms with Crippen molar-refractivity contribution in [3.8, 4) is 5.75 Å². The number of hydrogen-bond acceptors (Lipinski definition) is 4. The van der Waals surface area contributed by atoms with Crippen LogP contribution in [0.5, 0.6) is 5.75 Å². The molecule has 0 bridgehead atoms. The average Bonchev–Trinajstić information content (AvgIpc) is 3.00. The predicted octanol–water partition coefficient (Wildman–Crippen LogP) is 2.58. The molecule has 6 heteroatoms. The van der Waals surface area contributed by atoms with E-state index in [1.54, 1.807) is 17.0 Å². The molecule has 0 atom stereocenters.